The fraction of sp³-hybridized carbons (Fsp3) is 0.750. The smallest absolute Gasteiger partial charge is 0.172 e. The molecule has 0 amide bonds. The third-order valence-corrected chi connectivity index (χ3v) is 7.42. The first kappa shape index (κ1) is 30.0. The summed E-state index contributed by atoms with van der Waals surface area (Å²) in [5.41, 5.74) is -1.83. The molecule has 2 heterocycles. The van der Waals surface area contributed by atoms with Crippen LogP contribution >= 0.6 is 0 Å². The highest BCUT2D eigenvalue weighted by atomic mass is 16.8. The van der Waals surface area contributed by atoms with Gasteiger partial charge < -0.3 is 38.3 Å². The van der Waals surface area contributed by atoms with Crippen molar-refractivity contribution in [1.29, 1.82) is 0 Å². The third kappa shape index (κ3) is 7.09. The number of rotatable bonds is 13. The number of methoxy groups -OCH3 is 2. The van der Waals surface area contributed by atoms with Crippen LogP contribution in [0.25, 0.3) is 0 Å². The van der Waals surface area contributed by atoms with Gasteiger partial charge in [-0.2, -0.15) is 0 Å². The zero-order valence-corrected chi connectivity index (χ0v) is 23.5. The van der Waals surface area contributed by atoms with Crippen molar-refractivity contribution in [2.45, 2.75) is 96.5 Å². The van der Waals surface area contributed by atoms with Gasteiger partial charge in [0.15, 0.2) is 17.4 Å². The number of ether oxygens (including phenoxy) is 7. The van der Waals surface area contributed by atoms with Gasteiger partial charge in [0, 0.05) is 20.1 Å². The quantitative estimate of drug-likeness (QED) is 0.388. The molecule has 1 aromatic carbocycles. The lowest BCUT2D eigenvalue weighted by Crippen LogP contribution is -2.62. The number of carbonyl (C=O) groups excluding carboxylic acids is 1. The van der Waals surface area contributed by atoms with Crippen LogP contribution in [0.15, 0.2) is 24.3 Å². The minimum absolute atomic E-state index is 0.131. The fourth-order valence-electron chi connectivity index (χ4n) is 4.92. The monoisotopic (exact) mass is 524 g/mol. The number of hydrogen-bond donors (Lipinski definition) is 1. The summed E-state index contributed by atoms with van der Waals surface area (Å²) < 4.78 is 40.2. The molecule has 0 saturated carbocycles. The first-order valence-corrected chi connectivity index (χ1v) is 12.9. The van der Waals surface area contributed by atoms with Crippen LogP contribution in [0, 0.1) is 5.41 Å². The van der Waals surface area contributed by atoms with Crippen LogP contribution in [0.4, 0.5) is 0 Å². The van der Waals surface area contributed by atoms with Crippen molar-refractivity contribution in [2.75, 3.05) is 34.0 Å². The maximum absolute atomic E-state index is 13.7. The van der Waals surface area contributed by atoms with Crippen molar-refractivity contribution >= 4 is 5.78 Å². The zero-order valence-electron chi connectivity index (χ0n) is 23.5. The Morgan fingerprint density at radius 1 is 1.05 bits per heavy atom. The van der Waals surface area contributed by atoms with E-state index < -0.39 is 40.9 Å². The van der Waals surface area contributed by atoms with Crippen molar-refractivity contribution < 1.29 is 43.1 Å². The van der Waals surface area contributed by atoms with Crippen LogP contribution in [0.5, 0.6) is 5.75 Å². The first-order chi connectivity index (χ1) is 17.2. The normalized spacial score (nSPS) is 25.5. The van der Waals surface area contributed by atoms with Crippen molar-refractivity contribution in [1.82, 2.24) is 0 Å². The van der Waals surface area contributed by atoms with E-state index in [1.807, 2.05) is 24.3 Å². The maximum atomic E-state index is 13.7. The average Bonchev–Trinajstić information content (AvgIpc) is 3.41. The lowest BCUT2D eigenvalue weighted by Gasteiger charge is -2.46. The molecule has 2 aliphatic rings. The summed E-state index contributed by atoms with van der Waals surface area (Å²) in [6.45, 7) is 11.7. The summed E-state index contributed by atoms with van der Waals surface area (Å²) in [5.74, 6) is -1.20. The number of hydrogen-bond acceptors (Lipinski definition) is 9. The van der Waals surface area contributed by atoms with Crippen LogP contribution in [0.1, 0.15) is 59.9 Å². The summed E-state index contributed by atoms with van der Waals surface area (Å²) in [7, 11) is 3.22. The van der Waals surface area contributed by atoms with Gasteiger partial charge in [-0.15, -0.1) is 0 Å². The Hall–Kier alpha value is -1.59. The molecule has 4 atom stereocenters. The SMILES string of the molecule is COc1ccc(COCC[C@@H](C[C@@](O)([C@H]2COC(C)(C)O2)C(C)(C)C(=O)[C@H]2COC(C)(C)O2)OC)cc1. The molecule has 9 heteroatoms. The van der Waals surface area contributed by atoms with E-state index in [1.54, 1.807) is 55.8 Å². The van der Waals surface area contributed by atoms with E-state index in [1.165, 1.54) is 0 Å². The Morgan fingerprint density at radius 2 is 1.68 bits per heavy atom. The molecule has 9 nitrogen and oxygen atoms in total. The van der Waals surface area contributed by atoms with E-state index in [9.17, 15) is 9.90 Å². The van der Waals surface area contributed by atoms with Crippen LogP contribution in [-0.2, 0) is 39.8 Å². The molecule has 37 heavy (non-hydrogen) atoms. The highest BCUT2D eigenvalue weighted by Gasteiger charge is 2.60. The van der Waals surface area contributed by atoms with Gasteiger partial charge in [0.2, 0.25) is 0 Å². The Labute approximate surface area is 220 Å². The molecule has 2 fully saturated rings. The first-order valence-electron chi connectivity index (χ1n) is 12.9. The Bertz CT molecular complexity index is 895. The van der Waals surface area contributed by atoms with Crippen molar-refractivity contribution in [2.24, 2.45) is 5.41 Å². The largest absolute Gasteiger partial charge is 0.497 e. The Morgan fingerprint density at radius 3 is 2.19 bits per heavy atom. The maximum Gasteiger partial charge on any atom is 0.172 e. The van der Waals surface area contributed by atoms with Crippen LogP contribution in [0.3, 0.4) is 0 Å². The molecule has 2 aliphatic heterocycles. The lowest BCUT2D eigenvalue weighted by atomic mass is 9.65. The van der Waals surface area contributed by atoms with E-state index in [0.717, 1.165) is 11.3 Å². The molecule has 1 N–H and O–H groups in total. The van der Waals surface area contributed by atoms with E-state index in [2.05, 4.69) is 0 Å². The summed E-state index contributed by atoms with van der Waals surface area (Å²) in [4.78, 5) is 13.7. The average molecular weight is 525 g/mol. The predicted molar refractivity (Wildman–Crippen MR) is 136 cm³/mol. The molecular weight excluding hydrogens is 480 g/mol. The summed E-state index contributed by atoms with van der Waals surface area (Å²) in [6, 6.07) is 7.69. The topological polar surface area (TPSA) is 102 Å². The molecule has 210 valence electrons. The summed E-state index contributed by atoms with van der Waals surface area (Å²) >= 11 is 0. The Balaban J connectivity index is 1.71. The molecular formula is C28H44O9. The molecule has 1 aromatic rings. The van der Waals surface area contributed by atoms with E-state index in [4.69, 9.17) is 33.2 Å². The van der Waals surface area contributed by atoms with Crippen molar-refractivity contribution in [3.05, 3.63) is 29.8 Å². The number of Topliss-reactive ketones (excluding diaryl/α,β-unsaturated/α-hetero) is 1. The number of benzene rings is 1. The second-order valence-corrected chi connectivity index (χ2v) is 11.3. The van der Waals surface area contributed by atoms with E-state index >= 15 is 0 Å². The zero-order chi connectivity index (χ0) is 27.5. The summed E-state index contributed by atoms with van der Waals surface area (Å²) in [5, 5.41) is 12.3. The molecule has 0 radical (unpaired) electrons. The highest BCUT2D eigenvalue weighted by molar-refractivity contribution is 5.90. The lowest BCUT2D eigenvalue weighted by molar-refractivity contribution is -0.212. The predicted octanol–water partition coefficient (Wildman–Crippen LogP) is 3.64. The van der Waals surface area contributed by atoms with Gasteiger partial charge in [0.05, 0.1) is 38.4 Å². The van der Waals surface area contributed by atoms with Gasteiger partial charge in [0.1, 0.15) is 23.6 Å². The van der Waals surface area contributed by atoms with Gasteiger partial charge >= 0.3 is 0 Å². The number of aliphatic hydroxyl groups is 1. The molecule has 0 unspecified atom stereocenters. The number of ketones is 1. The molecule has 2 saturated heterocycles. The van der Waals surface area contributed by atoms with Gasteiger partial charge in [-0.1, -0.05) is 12.1 Å². The standard InChI is InChI=1S/C28H44O9/c1-25(2,24(29)22-17-34-26(3,4)36-22)28(30,23-18-35-27(5,6)37-23)15-21(32-8)13-14-33-16-19-9-11-20(31-7)12-10-19/h9-12,21-23,30H,13-18H2,1-8H3/t21-,22+,23+,28+/m0/s1. The minimum Gasteiger partial charge on any atom is -0.497 e. The van der Waals surface area contributed by atoms with Crippen LogP contribution in [-0.4, -0.2) is 80.4 Å². The second kappa shape index (κ2) is 11.7. The molecule has 3 rings (SSSR count). The van der Waals surface area contributed by atoms with Crippen LogP contribution < -0.4 is 4.74 Å². The van der Waals surface area contributed by atoms with Gasteiger partial charge in [0.25, 0.3) is 0 Å². The Kier molecular flexibility index (Phi) is 9.44. The minimum atomic E-state index is -1.61. The highest BCUT2D eigenvalue weighted by Crippen LogP contribution is 2.45. The van der Waals surface area contributed by atoms with Gasteiger partial charge in [-0.3, -0.25) is 4.79 Å². The van der Waals surface area contributed by atoms with Crippen LogP contribution in [0.2, 0.25) is 0 Å². The van der Waals surface area contributed by atoms with Crippen molar-refractivity contribution in [3.63, 3.8) is 0 Å². The van der Waals surface area contributed by atoms with E-state index in [-0.39, 0.29) is 25.4 Å². The van der Waals surface area contributed by atoms with Gasteiger partial charge in [-0.05, 0) is 65.7 Å². The van der Waals surface area contributed by atoms with Gasteiger partial charge in [-0.25, -0.2) is 0 Å². The second-order valence-electron chi connectivity index (χ2n) is 11.3. The number of carbonyl (C=O) groups is 1. The third-order valence-electron chi connectivity index (χ3n) is 7.42. The fourth-order valence-corrected chi connectivity index (χ4v) is 4.92. The molecule has 0 spiro atoms. The molecule has 0 bridgehead atoms. The summed E-state index contributed by atoms with van der Waals surface area (Å²) in [6.07, 6.45) is -1.26. The molecule has 0 aliphatic carbocycles. The van der Waals surface area contributed by atoms with Crippen molar-refractivity contribution in [3.8, 4) is 5.75 Å². The molecule has 0 aromatic heterocycles. The van der Waals surface area contributed by atoms with E-state index in [0.29, 0.717) is 19.6 Å².